The number of hydrogen-bond donors (Lipinski definition) is 0. The average molecular weight is 315 g/mol. The Hall–Kier alpha value is -1.23. The molecule has 0 aliphatic rings. The summed E-state index contributed by atoms with van der Waals surface area (Å²) in [6.45, 7) is 0. The minimum Gasteiger partial charge on any atom is -0.253 e. The van der Waals surface area contributed by atoms with Gasteiger partial charge in [0.2, 0.25) is 0 Å². The summed E-state index contributed by atoms with van der Waals surface area (Å²) in [4.78, 5) is 3.01. The number of nitrogens with zero attached hydrogens (tertiary/aromatic N) is 2. The van der Waals surface area contributed by atoms with E-state index >= 15 is 0 Å². The second-order valence-corrected chi connectivity index (χ2v) is 3.52. The van der Waals surface area contributed by atoms with Gasteiger partial charge in [-0.25, -0.2) is 8.78 Å². The molecular formula is C9H4BrF5N2. The van der Waals surface area contributed by atoms with Crippen molar-refractivity contribution in [2.75, 3.05) is 0 Å². The van der Waals surface area contributed by atoms with Crippen molar-refractivity contribution >= 4 is 15.9 Å². The van der Waals surface area contributed by atoms with Crippen LogP contribution in [0.2, 0.25) is 0 Å². The molecule has 0 aromatic carbocycles. The fourth-order valence-corrected chi connectivity index (χ4v) is 1.82. The van der Waals surface area contributed by atoms with E-state index in [1.165, 1.54) is 6.07 Å². The molecule has 8 heteroatoms. The van der Waals surface area contributed by atoms with Gasteiger partial charge in [-0.2, -0.15) is 18.4 Å². The maximum Gasteiger partial charge on any atom is 0.418 e. The van der Waals surface area contributed by atoms with Gasteiger partial charge in [-0.3, -0.25) is 4.98 Å². The van der Waals surface area contributed by atoms with E-state index in [4.69, 9.17) is 5.26 Å². The Morgan fingerprint density at radius 3 is 2.35 bits per heavy atom. The monoisotopic (exact) mass is 314 g/mol. The molecule has 1 aromatic rings. The fourth-order valence-electron chi connectivity index (χ4n) is 1.24. The number of halogens is 6. The predicted molar refractivity (Wildman–Crippen MR) is 51.5 cm³/mol. The van der Waals surface area contributed by atoms with Crippen LogP contribution in [0.15, 0.2) is 6.20 Å². The van der Waals surface area contributed by atoms with Gasteiger partial charge in [0.05, 0.1) is 11.1 Å². The van der Waals surface area contributed by atoms with E-state index in [1.807, 2.05) is 0 Å². The number of nitriles is 1. The lowest BCUT2D eigenvalue weighted by Crippen LogP contribution is -2.13. The molecule has 0 aliphatic carbocycles. The Balaban J connectivity index is 3.56. The van der Waals surface area contributed by atoms with Crippen molar-refractivity contribution in [3.8, 4) is 6.07 Å². The zero-order chi connectivity index (χ0) is 13.2. The van der Waals surface area contributed by atoms with Gasteiger partial charge in [-0.15, -0.1) is 0 Å². The third-order valence-corrected chi connectivity index (χ3v) is 2.53. The van der Waals surface area contributed by atoms with Gasteiger partial charge in [0, 0.05) is 11.5 Å². The highest BCUT2D eigenvalue weighted by Gasteiger charge is 2.36. The topological polar surface area (TPSA) is 36.7 Å². The molecule has 0 saturated carbocycles. The SMILES string of the molecule is N#Cc1c(C(F)F)ncc(C(F)(F)F)c1CBr. The maximum atomic E-state index is 12.5. The molecule has 0 fully saturated rings. The fraction of sp³-hybridized carbons (Fsp3) is 0.333. The Labute approximate surface area is 101 Å². The smallest absolute Gasteiger partial charge is 0.253 e. The number of rotatable bonds is 2. The predicted octanol–water partition coefficient (Wildman–Crippen LogP) is 3.80. The summed E-state index contributed by atoms with van der Waals surface area (Å²) < 4.78 is 62.5. The molecular weight excluding hydrogens is 311 g/mol. The van der Waals surface area contributed by atoms with Crippen LogP contribution in [0.1, 0.15) is 28.8 Å². The van der Waals surface area contributed by atoms with Crippen molar-refractivity contribution in [1.82, 2.24) is 4.98 Å². The standard InChI is InChI=1S/C9H4BrF5N2/c10-1-4-5(2-16)7(8(11)12)17-3-6(4)9(13,14)15/h3,8H,1H2. The first-order chi connectivity index (χ1) is 7.82. The van der Waals surface area contributed by atoms with Crippen molar-refractivity contribution in [3.63, 3.8) is 0 Å². The van der Waals surface area contributed by atoms with Gasteiger partial charge in [-0.1, -0.05) is 15.9 Å². The third-order valence-electron chi connectivity index (χ3n) is 1.97. The normalized spacial score (nSPS) is 11.6. The Morgan fingerprint density at radius 2 is 2.00 bits per heavy atom. The first-order valence-corrected chi connectivity index (χ1v) is 5.28. The van der Waals surface area contributed by atoms with Crippen LogP contribution in [0, 0.1) is 11.3 Å². The molecule has 0 aliphatic heterocycles. The van der Waals surface area contributed by atoms with Crippen LogP contribution in [0.3, 0.4) is 0 Å². The van der Waals surface area contributed by atoms with Gasteiger partial charge >= 0.3 is 6.18 Å². The molecule has 0 radical (unpaired) electrons. The molecule has 0 bridgehead atoms. The summed E-state index contributed by atoms with van der Waals surface area (Å²) in [5.41, 5.74) is -3.37. The van der Waals surface area contributed by atoms with Crippen LogP contribution in [-0.4, -0.2) is 4.98 Å². The minimum atomic E-state index is -4.73. The lowest BCUT2D eigenvalue weighted by atomic mass is 10.0. The van der Waals surface area contributed by atoms with E-state index in [2.05, 4.69) is 20.9 Å². The van der Waals surface area contributed by atoms with Gasteiger partial charge in [0.25, 0.3) is 6.43 Å². The highest BCUT2D eigenvalue weighted by atomic mass is 79.9. The zero-order valence-electron chi connectivity index (χ0n) is 8.02. The van der Waals surface area contributed by atoms with Crippen molar-refractivity contribution in [2.24, 2.45) is 0 Å². The lowest BCUT2D eigenvalue weighted by Gasteiger charge is -2.14. The summed E-state index contributed by atoms with van der Waals surface area (Å²) in [5, 5.41) is 8.30. The van der Waals surface area contributed by atoms with Crippen molar-refractivity contribution in [3.05, 3.63) is 28.6 Å². The van der Waals surface area contributed by atoms with Gasteiger partial charge in [0.15, 0.2) is 0 Å². The van der Waals surface area contributed by atoms with E-state index in [0.717, 1.165) is 0 Å². The molecule has 1 rings (SSSR count). The van der Waals surface area contributed by atoms with E-state index in [9.17, 15) is 22.0 Å². The Morgan fingerprint density at radius 1 is 1.41 bits per heavy atom. The van der Waals surface area contributed by atoms with Gasteiger partial charge in [-0.05, 0) is 5.56 Å². The molecule has 2 nitrogen and oxygen atoms in total. The van der Waals surface area contributed by atoms with E-state index in [-0.39, 0.29) is 5.33 Å². The molecule has 17 heavy (non-hydrogen) atoms. The highest BCUT2D eigenvalue weighted by molar-refractivity contribution is 9.08. The van der Waals surface area contributed by atoms with Crippen LogP contribution in [0.5, 0.6) is 0 Å². The average Bonchev–Trinajstić information content (AvgIpc) is 2.25. The first kappa shape index (κ1) is 13.8. The second-order valence-electron chi connectivity index (χ2n) is 2.95. The summed E-state index contributed by atoms with van der Waals surface area (Å²) in [6.07, 6.45) is -7.51. The van der Waals surface area contributed by atoms with Crippen LogP contribution < -0.4 is 0 Å². The first-order valence-electron chi connectivity index (χ1n) is 4.16. The molecule has 0 unspecified atom stereocenters. The molecule has 0 amide bonds. The van der Waals surface area contributed by atoms with Crippen molar-refractivity contribution in [1.29, 1.82) is 5.26 Å². The summed E-state index contributed by atoms with van der Waals surface area (Å²) >= 11 is 2.75. The van der Waals surface area contributed by atoms with Crippen LogP contribution in [-0.2, 0) is 11.5 Å². The summed E-state index contributed by atoms with van der Waals surface area (Å²) in [7, 11) is 0. The van der Waals surface area contributed by atoms with Crippen LogP contribution >= 0.6 is 15.9 Å². The molecule has 92 valence electrons. The summed E-state index contributed by atoms with van der Waals surface area (Å²) in [5.74, 6) is 0. The number of aromatic nitrogens is 1. The Kier molecular flexibility index (Phi) is 4.03. The van der Waals surface area contributed by atoms with Crippen LogP contribution in [0.4, 0.5) is 22.0 Å². The van der Waals surface area contributed by atoms with E-state index < -0.39 is 35.0 Å². The molecule has 0 spiro atoms. The van der Waals surface area contributed by atoms with Gasteiger partial charge in [0.1, 0.15) is 11.8 Å². The van der Waals surface area contributed by atoms with E-state index in [1.54, 1.807) is 0 Å². The molecule has 1 aromatic heterocycles. The number of hydrogen-bond acceptors (Lipinski definition) is 2. The maximum absolute atomic E-state index is 12.5. The van der Waals surface area contributed by atoms with Gasteiger partial charge < -0.3 is 0 Å². The largest absolute Gasteiger partial charge is 0.418 e. The van der Waals surface area contributed by atoms with E-state index in [0.29, 0.717) is 6.20 Å². The van der Waals surface area contributed by atoms with Crippen LogP contribution in [0.25, 0.3) is 0 Å². The van der Waals surface area contributed by atoms with Crippen molar-refractivity contribution < 1.29 is 22.0 Å². The quantitative estimate of drug-likeness (QED) is 0.615. The third kappa shape index (κ3) is 2.72. The molecule has 0 saturated heterocycles. The highest BCUT2D eigenvalue weighted by Crippen LogP contribution is 2.36. The Bertz CT molecular complexity index is 464. The molecule has 0 atom stereocenters. The molecule has 1 heterocycles. The molecule has 0 N–H and O–H groups in total. The number of pyridine rings is 1. The van der Waals surface area contributed by atoms with Crippen molar-refractivity contribution in [2.45, 2.75) is 17.9 Å². The minimum absolute atomic E-state index is 0.318. The number of alkyl halides is 6. The zero-order valence-corrected chi connectivity index (χ0v) is 9.61. The lowest BCUT2D eigenvalue weighted by molar-refractivity contribution is -0.138. The second kappa shape index (κ2) is 4.96. The summed E-state index contributed by atoms with van der Waals surface area (Å²) in [6, 6.07) is 1.34.